The summed E-state index contributed by atoms with van der Waals surface area (Å²) >= 11 is 0. The highest BCUT2D eigenvalue weighted by molar-refractivity contribution is 6.01. The quantitative estimate of drug-likeness (QED) is 0.764. The summed E-state index contributed by atoms with van der Waals surface area (Å²) in [6, 6.07) is 3.84. The Morgan fingerprint density at radius 1 is 1.55 bits per heavy atom. The molecule has 1 aromatic rings. The van der Waals surface area contributed by atoms with Crippen LogP contribution in [-0.4, -0.2) is 41.2 Å². The average Bonchev–Trinajstić information content (AvgIpc) is 2.75. The first-order chi connectivity index (χ1) is 9.58. The first kappa shape index (κ1) is 14.0. The van der Waals surface area contributed by atoms with E-state index in [9.17, 15) is 19.5 Å². The maximum absolute atomic E-state index is 12.3. The zero-order valence-electron chi connectivity index (χ0n) is 11.1. The van der Waals surface area contributed by atoms with Gasteiger partial charge in [-0.25, -0.2) is 0 Å². The molecule has 0 spiro atoms. The molecule has 6 nitrogen and oxygen atoms in total. The number of likely N-dealkylation sites (N-methyl/N-ethyl adjacent to an activating group) is 1. The van der Waals surface area contributed by atoms with Gasteiger partial charge in [-0.2, -0.15) is 0 Å². The van der Waals surface area contributed by atoms with Gasteiger partial charge in [0.2, 0.25) is 5.91 Å². The van der Waals surface area contributed by atoms with Crippen LogP contribution in [0.15, 0.2) is 18.2 Å². The van der Waals surface area contributed by atoms with Gasteiger partial charge < -0.3 is 20.1 Å². The Hall–Kier alpha value is -2.37. The lowest BCUT2D eigenvalue weighted by Gasteiger charge is -2.25. The maximum atomic E-state index is 12.3. The molecule has 0 aliphatic carbocycles. The van der Waals surface area contributed by atoms with E-state index in [0.717, 1.165) is 6.29 Å². The molecule has 106 valence electrons. The van der Waals surface area contributed by atoms with Gasteiger partial charge >= 0.3 is 0 Å². The molecule has 0 radical (unpaired) electrons. The molecule has 0 fully saturated rings. The molecule has 2 amide bonds. The molecular weight excluding hydrogens is 260 g/mol. The molecular formula is C14H16N2O4. The SMILES string of the molecule is CNC(=O)C(CCC=O)N1Cc2cc(O)ccc2C1=O. The number of carbonyl (C=O) groups excluding carboxylic acids is 3. The molecule has 20 heavy (non-hydrogen) atoms. The molecule has 1 aliphatic rings. The minimum atomic E-state index is -0.674. The summed E-state index contributed by atoms with van der Waals surface area (Å²) in [6.07, 6.45) is 1.23. The fourth-order valence-corrected chi connectivity index (χ4v) is 2.40. The number of benzene rings is 1. The van der Waals surface area contributed by atoms with Gasteiger partial charge in [0.1, 0.15) is 18.1 Å². The third-order valence-corrected chi connectivity index (χ3v) is 3.40. The van der Waals surface area contributed by atoms with Gasteiger partial charge in [0, 0.05) is 25.6 Å². The number of nitrogens with zero attached hydrogens (tertiary/aromatic N) is 1. The van der Waals surface area contributed by atoms with Gasteiger partial charge in [-0.15, -0.1) is 0 Å². The van der Waals surface area contributed by atoms with Crippen LogP contribution in [0.25, 0.3) is 0 Å². The molecule has 0 saturated heterocycles. The van der Waals surface area contributed by atoms with Crippen LogP contribution >= 0.6 is 0 Å². The van der Waals surface area contributed by atoms with Crippen LogP contribution in [0.5, 0.6) is 5.75 Å². The second kappa shape index (κ2) is 5.73. The standard InChI is InChI=1S/C14H16N2O4/c1-15-13(19)12(3-2-6-17)16-8-9-7-10(18)4-5-11(9)14(16)20/h4-7,12,18H,2-3,8H2,1H3,(H,15,19). The van der Waals surface area contributed by atoms with Crippen molar-refractivity contribution < 1.29 is 19.5 Å². The zero-order chi connectivity index (χ0) is 14.7. The minimum absolute atomic E-state index is 0.0859. The Morgan fingerprint density at radius 3 is 2.95 bits per heavy atom. The molecule has 1 aromatic carbocycles. The number of carbonyl (C=O) groups is 3. The lowest BCUT2D eigenvalue weighted by molar-refractivity contribution is -0.125. The number of nitrogens with one attached hydrogen (secondary N) is 1. The molecule has 1 heterocycles. The van der Waals surface area contributed by atoms with Crippen LogP contribution in [0.4, 0.5) is 0 Å². The lowest BCUT2D eigenvalue weighted by Crippen LogP contribution is -2.46. The number of hydrogen-bond donors (Lipinski definition) is 2. The highest BCUT2D eigenvalue weighted by atomic mass is 16.3. The minimum Gasteiger partial charge on any atom is -0.508 e. The number of aromatic hydroxyl groups is 1. The van der Waals surface area contributed by atoms with E-state index >= 15 is 0 Å². The van der Waals surface area contributed by atoms with Crippen molar-refractivity contribution in [2.75, 3.05) is 7.05 Å². The van der Waals surface area contributed by atoms with Crippen molar-refractivity contribution in [3.8, 4) is 5.75 Å². The van der Waals surface area contributed by atoms with Crippen molar-refractivity contribution in [1.82, 2.24) is 10.2 Å². The van der Waals surface area contributed by atoms with E-state index in [4.69, 9.17) is 0 Å². The third kappa shape index (κ3) is 2.49. The van der Waals surface area contributed by atoms with E-state index in [1.807, 2.05) is 0 Å². The van der Waals surface area contributed by atoms with Crippen LogP contribution < -0.4 is 5.32 Å². The molecule has 0 saturated carbocycles. The Bertz CT molecular complexity index is 556. The fraction of sp³-hybridized carbons (Fsp3) is 0.357. The molecule has 1 aliphatic heterocycles. The van der Waals surface area contributed by atoms with Crippen LogP contribution in [0.3, 0.4) is 0 Å². The summed E-state index contributed by atoms with van der Waals surface area (Å²) < 4.78 is 0. The Morgan fingerprint density at radius 2 is 2.30 bits per heavy atom. The summed E-state index contributed by atoms with van der Waals surface area (Å²) in [6.45, 7) is 0.263. The molecule has 2 rings (SSSR count). The first-order valence-electron chi connectivity index (χ1n) is 6.36. The van der Waals surface area contributed by atoms with Gasteiger partial charge in [0.15, 0.2) is 0 Å². The predicted molar refractivity (Wildman–Crippen MR) is 71.1 cm³/mol. The second-order valence-corrected chi connectivity index (χ2v) is 4.65. The van der Waals surface area contributed by atoms with Crippen LogP contribution in [0.2, 0.25) is 0 Å². The molecule has 2 N–H and O–H groups in total. The number of amides is 2. The number of aldehydes is 1. The average molecular weight is 276 g/mol. The molecule has 1 unspecified atom stereocenters. The topological polar surface area (TPSA) is 86.7 Å². The summed E-state index contributed by atoms with van der Waals surface area (Å²) in [5.74, 6) is -0.459. The number of hydrogen-bond acceptors (Lipinski definition) is 4. The van der Waals surface area contributed by atoms with Crippen molar-refractivity contribution in [2.45, 2.75) is 25.4 Å². The van der Waals surface area contributed by atoms with Crippen LogP contribution in [0.1, 0.15) is 28.8 Å². The smallest absolute Gasteiger partial charge is 0.255 e. The number of phenolic OH excluding ortho intramolecular Hbond substituents is 1. The highest BCUT2D eigenvalue weighted by Gasteiger charge is 2.35. The first-order valence-corrected chi connectivity index (χ1v) is 6.36. The number of phenols is 1. The Labute approximate surface area is 116 Å². The second-order valence-electron chi connectivity index (χ2n) is 4.65. The van der Waals surface area contributed by atoms with Gasteiger partial charge in [-0.1, -0.05) is 0 Å². The Balaban J connectivity index is 2.26. The fourth-order valence-electron chi connectivity index (χ4n) is 2.40. The number of rotatable bonds is 5. The van der Waals surface area contributed by atoms with Gasteiger partial charge in [-0.3, -0.25) is 9.59 Å². The van der Waals surface area contributed by atoms with Gasteiger partial charge in [-0.05, 0) is 30.2 Å². The highest BCUT2D eigenvalue weighted by Crippen LogP contribution is 2.28. The van der Waals surface area contributed by atoms with Gasteiger partial charge in [0.05, 0.1) is 0 Å². The summed E-state index contributed by atoms with van der Waals surface area (Å²) in [4.78, 5) is 36.2. The largest absolute Gasteiger partial charge is 0.508 e. The lowest BCUT2D eigenvalue weighted by atomic mass is 10.1. The molecule has 0 aromatic heterocycles. The number of fused-ring (bicyclic) bond motifs is 1. The van der Waals surface area contributed by atoms with Crippen LogP contribution in [-0.2, 0) is 16.1 Å². The summed E-state index contributed by atoms with van der Waals surface area (Å²) in [7, 11) is 1.50. The zero-order valence-corrected chi connectivity index (χ0v) is 11.1. The van der Waals surface area contributed by atoms with E-state index in [1.165, 1.54) is 24.1 Å². The molecule has 0 bridgehead atoms. The monoisotopic (exact) mass is 276 g/mol. The molecule has 1 atom stereocenters. The summed E-state index contributed by atoms with van der Waals surface area (Å²) in [5, 5.41) is 12.0. The molecule has 6 heteroatoms. The van der Waals surface area contributed by atoms with Gasteiger partial charge in [0.25, 0.3) is 5.91 Å². The van der Waals surface area contributed by atoms with E-state index in [0.29, 0.717) is 11.1 Å². The third-order valence-electron chi connectivity index (χ3n) is 3.40. The van der Waals surface area contributed by atoms with Crippen molar-refractivity contribution in [3.05, 3.63) is 29.3 Å². The van der Waals surface area contributed by atoms with E-state index in [1.54, 1.807) is 6.07 Å². The summed E-state index contributed by atoms with van der Waals surface area (Å²) in [5.41, 5.74) is 1.18. The Kier molecular flexibility index (Phi) is 4.02. The normalized spacial score (nSPS) is 14.8. The van der Waals surface area contributed by atoms with Crippen LogP contribution in [0, 0.1) is 0 Å². The van der Waals surface area contributed by atoms with E-state index in [-0.39, 0.29) is 37.0 Å². The van der Waals surface area contributed by atoms with E-state index < -0.39 is 6.04 Å². The maximum Gasteiger partial charge on any atom is 0.255 e. The van der Waals surface area contributed by atoms with Crippen molar-refractivity contribution in [2.24, 2.45) is 0 Å². The van der Waals surface area contributed by atoms with Crippen molar-refractivity contribution >= 4 is 18.1 Å². The van der Waals surface area contributed by atoms with Crippen molar-refractivity contribution in [3.63, 3.8) is 0 Å². The van der Waals surface area contributed by atoms with Crippen molar-refractivity contribution in [1.29, 1.82) is 0 Å². The predicted octanol–water partition coefficient (Wildman–Crippen LogP) is 0.442. The van der Waals surface area contributed by atoms with E-state index in [2.05, 4.69) is 5.32 Å².